The molecule has 102 heavy (non-hydrogen) atoms. The Labute approximate surface area is 626 Å². The van der Waals surface area contributed by atoms with Gasteiger partial charge in [0.2, 0.25) is 0 Å². The van der Waals surface area contributed by atoms with Crippen LogP contribution in [0.2, 0.25) is 0 Å². The van der Waals surface area contributed by atoms with E-state index in [1.54, 1.807) is 0 Å². The summed E-state index contributed by atoms with van der Waals surface area (Å²) in [7, 11) is -9.92. The second-order valence-electron chi connectivity index (χ2n) is 30.8. The first kappa shape index (κ1) is 100. The van der Waals surface area contributed by atoms with Crippen molar-refractivity contribution >= 4 is 39.5 Å². The number of hydrogen-bond acceptors (Lipinski definition) is 15. The minimum Gasteiger partial charge on any atom is -0.462 e. The van der Waals surface area contributed by atoms with Crippen LogP contribution in [0.15, 0.2) is 0 Å². The number of esters is 4. The molecule has 0 aliphatic heterocycles. The zero-order chi connectivity index (χ0) is 74.9. The maximum Gasteiger partial charge on any atom is 0.472 e. The monoisotopic (exact) mass is 1490 g/mol. The Morgan fingerprint density at radius 1 is 0.265 bits per heavy atom. The van der Waals surface area contributed by atoms with Crippen LogP contribution in [0.25, 0.3) is 0 Å². The van der Waals surface area contributed by atoms with E-state index in [0.29, 0.717) is 31.6 Å². The van der Waals surface area contributed by atoms with Gasteiger partial charge in [0.15, 0.2) is 12.2 Å². The quantitative estimate of drug-likeness (QED) is 0.0222. The highest BCUT2D eigenvalue weighted by molar-refractivity contribution is 7.47. The Balaban J connectivity index is 5.22. The van der Waals surface area contributed by atoms with E-state index in [1.165, 1.54) is 250 Å². The third kappa shape index (κ3) is 76.3. The predicted molar refractivity (Wildman–Crippen MR) is 418 cm³/mol. The molecule has 0 aromatic heterocycles. The normalized spacial score (nSPS) is 13.9. The molecule has 0 saturated heterocycles. The lowest BCUT2D eigenvalue weighted by molar-refractivity contribution is -0.161. The molecule has 0 fully saturated rings. The summed E-state index contributed by atoms with van der Waals surface area (Å²) in [5, 5.41) is 10.7. The van der Waals surface area contributed by atoms with E-state index in [1.807, 2.05) is 0 Å². The summed E-state index contributed by atoms with van der Waals surface area (Å²) in [5.41, 5.74) is 0. The fourth-order valence-electron chi connectivity index (χ4n) is 12.9. The summed E-state index contributed by atoms with van der Waals surface area (Å²) >= 11 is 0. The first-order valence-electron chi connectivity index (χ1n) is 43.0. The molecular weight excluding hydrogens is 1330 g/mol. The molecule has 5 atom stereocenters. The lowest BCUT2D eigenvalue weighted by Gasteiger charge is -2.21. The van der Waals surface area contributed by atoms with Crippen molar-refractivity contribution in [2.75, 3.05) is 39.6 Å². The Morgan fingerprint density at radius 2 is 0.451 bits per heavy atom. The molecule has 0 radical (unpaired) electrons. The number of phosphoric ester groups is 2. The average molecular weight is 1490 g/mol. The summed E-state index contributed by atoms with van der Waals surface area (Å²) in [5.74, 6) is -0.629. The van der Waals surface area contributed by atoms with Crippen LogP contribution in [0, 0.1) is 11.8 Å². The molecule has 0 saturated carbocycles. The summed E-state index contributed by atoms with van der Waals surface area (Å²) in [6.45, 7) is 9.60. The number of phosphoric acid groups is 2. The van der Waals surface area contributed by atoms with Gasteiger partial charge in [0.05, 0.1) is 26.4 Å². The van der Waals surface area contributed by atoms with Gasteiger partial charge in [0.1, 0.15) is 19.3 Å². The molecule has 17 nitrogen and oxygen atoms in total. The molecule has 0 spiro atoms. The Bertz CT molecular complexity index is 1960. The molecule has 0 aliphatic rings. The van der Waals surface area contributed by atoms with E-state index < -0.39 is 97.5 Å². The van der Waals surface area contributed by atoms with Crippen LogP contribution < -0.4 is 0 Å². The minimum absolute atomic E-state index is 0.108. The van der Waals surface area contributed by atoms with Crippen LogP contribution in [-0.2, 0) is 65.4 Å². The summed E-state index contributed by atoms with van der Waals surface area (Å²) in [4.78, 5) is 73.1. The predicted octanol–water partition coefficient (Wildman–Crippen LogP) is 25.1. The lowest BCUT2D eigenvalue weighted by atomic mass is 10.0. The van der Waals surface area contributed by atoms with Crippen molar-refractivity contribution < 1.29 is 80.2 Å². The highest BCUT2D eigenvalue weighted by Crippen LogP contribution is 2.45. The largest absolute Gasteiger partial charge is 0.472 e. The number of aliphatic hydroxyl groups is 1. The van der Waals surface area contributed by atoms with Crippen molar-refractivity contribution in [3.63, 3.8) is 0 Å². The molecule has 0 aromatic rings. The van der Waals surface area contributed by atoms with Crippen LogP contribution in [0.5, 0.6) is 0 Å². The van der Waals surface area contributed by atoms with E-state index in [2.05, 4.69) is 41.5 Å². The van der Waals surface area contributed by atoms with Gasteiger partial charge in [-0.1, -0.05) is 388 Å². The zero-order valence-electron chi connectivity index (χ0n) is 66.9. The second-order valence-corrected chi connectivity index (χ2v) is 33.7. The number of ether oxygens (including phenoxy) is 4. The van der Waals surface area contributed by atoms with Gasteiger partial charge < -0.3 is 33.8 Å². The maximum atomic E-state index is 13.1. The maximum absolute atomic E-state index is 13.1. The average Bonchev–Trinajstić information content (AvgIpc) is 0.924. The number of unbranched alkanes of at least 4 members (excludes halogenated alkanes) is 52. The first-order chi connectivity index (χ1) is 49.4. The molecule has 0 heterocycles. The molecule has 3 N–H and O–H groups in total. The molecule has 0 aromatic carbocycles. The van der Waals surface area contributed by atoms with Gasteiger partial charge in [0, 0.05) is 25.7 Å². The van der Waals surface area contributed by atoms with Gasteiger partial charge in [-0.25, -0.2) is 9.13 Å². The smallest absolute Gasteiger partial charge is 0.462 e. The second kappa shape index (κ2) is 74.5. The fraction of sp³-hybridized carbons (Fsp3) is 0.952. The van der Waals surface area contributed by atoms with Crippen LogP contribution in [0.3, 0.4) is 0 Å². The van der Waals surface area contributed by atoms with Crippen LogP contribution >= 0.6 is 15.6 Å². The summed E-state index contributed by atoms with van der Waals surface area (Å²) in [6, 6.07) is 0. The van der Waals surface area contributed by atoms with E-state index in [0.717, 1.165) is 102 Å². The Morgan fingerprint density at radius 3 is 0.667 bits per heavy atom. The standard InChI is InChI=1S/C83H162O17P2/c1-7-9-11-13-15-17-19-21-23-25-26-28-30-36-40-44-48-56-61-67-82(87)99-78(71-93-80(85)65-59-53-46-42-38-34-32-31-33-37-41-45-51-57-63-75(3)4)73-97-101(89,90)95-69-77(84)70-96-102(91,92)98-74-79(72-94-81(86)66-60-54-50-49-52-58-64-76(5)6)100-83(88)68-62-55-47-43-39-35-29-27-24-22-20-18-16-14-12-10-8-2/h75-79,84H,7-74H2,1-6H3,(H,89,90)(H,91,92)/t77-,78-,79-/m1/s1. The number of aliphatic hydroxyl groups excluding tert-OH is 1. The van der Waals surface area contributed by atoms with Gasteiger partial charge in [-0.2, -0.15) is 0 Å². The fourth-order valence-corrected chi connectivity index (χ4v) is 14.5. The van der Waals surface area contributed by atoms with E-state index in [4.69, 9.17) is 37.0 Å². The van der Waals surface area contributed by atoms with Crippen molar-refractivity contribution in [3.05, 3.63) is 0 Å². The molecule has 19 heteroatoms. The third-order valence-corrected chi connectivity index (χ3v) is 21.4. The SMILES string of the molecule is CCCCCCCCCCCCCCCCCCCCCC(=O)O[C@H](COC(=O)CCCCCCCCCCCCCCCCC(C)C)COP(=O)(O)OC[C@@H](O)COP(=O)(O)OC[C@@H](COC(=O)CCCCCCCCC(C)C)OC(=O)CCCCCCCCCCCCCCCCCCC. The Kier molecular flexibility index (Phi) is 73.1. The van der Waals surface area contributed by atoms with Gasteiger partial charge in [-0.3, -0.25) is 37.3 Å². The third-order valence-electron chi connectivity index (χ3n) is 19.5. The van der Waals surface area contributed by atoms with E-state index in [-0.39, 0.29) is 25.7 Å². The Hall–Kier alpha value is -1.94. The van der Waals surface area contributed by atoms with Crippen molar-refractivity contribution in [2.24, 2.45) is 11.8 Å². The van der Waals surface area contributed by atoms with Crippen LogP contribution in [0.4, 0.5) is 0 Å². The minimum atomic E-state index is -4.96. The molecule has 0 aliphatic carbocycles. The molecule has 606 valence electrons. The summed E-state index contributed by atoms with van der Waals surface area (Å²) in [6.07, 6.45) is 65.4. The molecule has 2 unspecified atom stereocenters. The van der Waals surface area contributed by atoms with Gasteiger partial charge >= 0.3 is 39.5 Å². The van der Waals surface area contributed by atoms with Crippen molar-refractivity contribution in [1.29, 1.82) is 0 Å². The van der Waals surface area contributed by atoms with E-state index >= 15 is 0 Å². The first-order valence-corrected chi connectivity index (χ1v) is 46.0. The topological polar surface area (TPSA) is 237 Å². The highest BCUT2D eigenvalue weighted by atomic mass is 31.2. The van der Waals surface area contributed by atoms with Crippen molar-refractivity contribution in [3.8, 4) is 0 Å². The van der Waals surface area contributed by atoms with Gasteiger partial charge in [-0.15, -0.1) is 0 Å². The number of carbonyl (C=O) groups is 4. The number of carbonyl (C=O) groups excluding carboxylic acids is 4. The zero-order valence-corrected chi connectivity index (χ0v) is 68.7. The van der Waals surface area contributed by atoms with Crippen molar-refractivity contribution in [1.82, 2.24) is 0 Å². The molecule has 0 rings (SSSR count). The number of rotatable bonds is 82. The summed E-state index contributed by atoms with van der Waals surface area (Å²) < 4.78 is 68.8. The molecule has 0 amide bonds. The highest BCUT2D eigenvalue weighted by Gasteiger charge is 2.30. The van der Waals surface area contributed by atoms with Gasteiger partial charge in [0.25, 0.3) is 0 Å². The van der Waals surface area contributed by atoms with Crippen LogP contribution in [-0.4, -0.2) is 96.7 Å². The van der Waals surface area contributed by atoms with Crippen molar-refractivity contribution in [2.45, 2.75) is 458 Å². The van der Waals surface area contributed by atoms with Crippen LogP contribution in [0.1, 0.15) is 440 Å². The molecule has 0 bridgehead atoms. The van der Waals surface area contributed by atoms with E-state index in [9.17, 15) is 43.2 Å². The molecular formula is C83H162O17P2. The van der Waals surface area contributed by atoms with Gasteiger partial charge in [-0.05, 0) is 37.5 Å². The lowest BCUT2D eigenvalue weighted by Crippen LogP contribution is -2.30. The number of hydrogen-bond donors (Lipinski definition) is 3.